The normalized spacial score (nSPS) is 10.5. The molecule has 2 aromatic rings. The number of hydrogen-bond donors (Lipinski definition) is 2. The van der Waals surface area contributed by atoms with Crippen LogP contribution in [-0.4, -0.2) is 36.1 Å². The van der Waals surface area contributed by atoms with Crippen LogP contribution >= 0.6 is 0 Å². The number of hydrogen-bond acceptors (Lipinski definition) is 5. The fourth-order valence-electron chi connectivity index (χ4n) is 2.22. The van der Waals surface area contributed by atoms with Gasteiger partial charge in [-0.3, -0.25) is 4.79 Å². The molecule has 0 radical (unpaired) electrons. The average Bonchev–Trinajstić information content (AvgIpc) is 2.54. The lowest BCUT2D eigenvalue weighted by Gasteiger charge is -2.10. The van der Waals surface area contributed by atoms with Gasteiger partial charge in [-0.25, -0.2) is 9.97 Å². The van der Waals surface area contributed by atoms with E-state index >= 15 is 0 Å². The molecule has 1 aromatic carbocycles. The topological polar surface area (TPSA) is 76.1 Å². The van der Waals surface area contributed by atoms with Gasteiger partial charge in [0, 0.05) is 32.0 Å². The van der Waals surface area contributed by atoms with Crippen molar-refractivity contribution in [2.24, 2.45) is 0 Å². The van der Waals surface area contributed by atoms with Crippen LogP contribution in [0.2, 0.25) is 0 Å². The minimum atomic E-state index is -0.247. The van der Waals surface area contributed by atoms with Gasteiger partial charge in [0.1, 0.15) is 17.3 Å². The molecule has 6 heteroatoms. The third-order valence-electron chi connectivity index (χ3n) is 3.67. The van der Waals surface area contributed by atoms with Gasteiger partial charge in [0.15, 0.2) is 0 Å². The third-order valence-corrected chi connectivity index (χ3v) is 3.67. The van der Waals surface area contributed by atoms with Crippen LogP contribution in [0.4, 0.5) is 11.5 Å². The van der Waals surface area contributed by atoms with Crippen molar-refractivity contribution in [2.45, 2.75) is 27.2 Å². The zero-order valence-electron chi connectivity index (χ0n) is 14.6. The van der Waals surface area contributed by atoms with Crippen molar-refractivity contribution < 1.29 is 9.53 Å². The first-order valence-corrected chi connectivity index (χ1v) is 7.96. The summed E-state index contributed by atoms with van der Waals surface area (Å²) < 4.78 is 5.01. The molecule has 1 heterocycles. The van der Waals surface area contributed by atoms with Crippen molar-refractivity contribution >= 4 is 17.4 Å². The number of amides is 1. The maximum atomic E-state index is 12.4. The summed E-state index contributed by atoms with van der Waals surface area (Å²) in [5.74, 6) is 0.949. The van der Waals surface area contributed by atoms with Crippen LogP contribution in [0, 0.1) is 20.8 Å². The van der Waals surface area contributed by atoms with Crippen molar-refractivity contribution in [3.63, 3.8) is 0 Å². The second-order valence-electron chi connectivity index (χ2n) is 5.71. The highest BCUT2D eigenvalue weighted by Crippen LogP contribution is 2.15. The molecule has 2 rings (SSSR count). The molecule has 2 N–H and O–H groups in total. The quantitative estimate of drug-likeness (QED) is 0.764. The Kier molecular flexibility index (Phi) is 6.26. The van der Waals surface area contributed by atoms with E-state index in [0.717, 1.165) is 24.2 Å². The lowest BCUT2D eigenvalue weighted by molar-refractivity contribution is 0.102. The molecule has 0 aliphatic carbocycles. The molecule has 0 bridgehead atoms. The largest absolute Gasteiger partial charge is 0.385 e. The number of aromatic nitrogens is 2. The second-order valence-corrected chi connectivity index (χ2v) is 5.71. The maximum absolute atomic E-state index is 12.4. The van der Waals surface area contributed by atoms with E-state index in [0.29, 0.717) is 23.9 Å². The van der Waals surface area contributed by atoms with Crippen LogP contribution in [0.5, 0.6) is 0 Å². The zero-order chi connectivity index (χ0) is 17.5. The van der Waals surface area contributed by atoms with E-state index in [1.54, 1.807) is 20.1 Å². The summed E-state index contributed by atoms with van der Waals surface area (Å²) in [7, 11) is 1.67. The second kappa shape index (κ2) is 8.40. The predicted molar refractivity (Wildman–Crippen MR) is 95.6 cm³/mol. The van der Waals surface area contributed by atoms with Gasteiger partial charge in [-0.1, -0.05) is 6.07 Å². The van der Waals surface area contributed by atoms with Crippen LogP contribution in [0.15, 0.2) is 24.3 Å². The number of nitrogens with zero attached hydrogens (tertiary/aromatic N) is 2. The summed E-state index contributed by atoms with van der Waals surface area (Å²) in [6.45, 7) is 7.23. The van der Waals surface area contributed by atoms with Gasteiger partial charge in [0.2, 0.25) is 0 Å². The summed E-state index contributed by atoms with van der Waals surface area (Å²) >= 11 is 0. The number of benzene rings is 1. The summed E-state index contributed by atoms with van der Waals surface area (Å²) in [6, 6.07) is 7.48. The van der Waals surface area contributed by atoms with E-state index in [1.807, 2.05) is 32.0 Å². The molecular formula is C18H24N4O2. The van der Waals surface area contributed by atoms with Crippen molar-refractivity contribution in [1.82, 2.24) is 9.97 Å². The molecule has 0 aliphatic rings. The number of anilines is 2. The Morgan fingerprint density at radius 2 is 1.92 bits per heavy atom. The highest BCUT2D eigenvalue weighted by Gasteiger charge is 2.11. The Hall–Kier alpha value is -2.47. The van der Waals surface area contributed by atoms with Crippen molar-refractivity contribution in [3.8, 4) is 0 Å². The minimum absolute atomic E-state index is 0.247. The van der Waals surface area contributed by atoms with Crippen molar-refractivity contribution in [3.05, 3.63) is 46.9 Å². The van der Waals surface area contributed by atoms with Gasteiger partial charge in [-0.15, -0.1) is 0 Å². The maximum Gasteiger partial charge on any atom is 0.274 e. The number of aryl methyl sites for hydroxylation is 3. The smallest absolute Gasteiger partial charge is 0.274 e. The zero-order valence-corrected chi connectivity index (χ0v) is 14.6. The number of carbonyl (C=O) groups excluding carboxylic acids is 1. The van der Waals surface area contributed by atoms with E-state index in [-0.39, 0.29) is 5.91 Å². The summed E-state index contributed by atoms with van der Waals surface area (Å²) in [5, 5.41) is 6.06. The number of ether oxygens (including phenoxy) is 1. The van der Waals surface area contributed by atoms with Crippen molar-refractivity contribution in [1.29, 1.82) is 0 Å². The first-order valence-electron chi connectivity index (χ1n) is 7.96. The average molecular weight is 328 g/mol. The SMILES string of the molecule is COCCCNc1cc(C(=O)Nc2ccc(C)c(C)c2)nc(C)n1. The molecule has 0 spiro atoms. The van der Waals surface area contributed by atoms with Crippen LogP contribution in [0.3, 0.4) is 0 Å². The fourth-order valence-corrected chi connectivity index (χ4v) is 2.22. The van der Waals surface area contributed by atoms with Gasteiger partial charge in [-0.05, 0) is 50.5 Å². The molecule has 0 saturated carbocycles. The fraction of sp³-hybridized carbons (Fsp3) is 0.389. The Morgan fingerprint density at radius 3 is 2.62 bits per heavy atom. The van der Waals surface area contributed by atoms with E-state index in [1.165, 1.54) is 5.56 Å². The lowest BCUT2D eigenvalue weighted by atomic mass is 10.1. The van der Waals surface area contributed by atoms with Crippen LogP contribution < -0.4 is 10.6 Å². The summed E-state index contributed by atoms with van der Waals surface area (Å²) in [6.07, 6.45) is 0.865. The van der Waals surface area contributed by atoms with Crippen LogP contribution in [-0.2, 0) is 4.74 Å². The number of methoxy groups -OCH3 is 1. The highest BCUT2D eigenvalue weighted by molar-refractivity contribution is 6.03. The van der Waals surface area contributed by atoms with Crippen molar-refractivity contribution in [2.75, 3.05) is 30.9 Å². The standard InChI is InChI=1S/C18H24N4O2/c1-12-6-7-15(10-13(12)2)22-18(23)16-11-17(21-14(3)20-16)19-8-5-9-24-4/h6-7,10-11H,5,8-9H2,1-4H3,(H,22,23)(H,19,20,21). The highest BCUT2D eigenvalue weighted by atomic mass is 16.5. The molecule has 0 atom stereocenters. The van der Waals surface area contributed by atoms with Crippen LogP contribution in [0.25, 0.3) is 0 Å². The molecule has 1 aromatic heterocycles. The van der Waals surface area contributed by atoms with Gasteiger partial charge in [0.05, 0.1) is 0 Å². The van der Waals surface area contributed by atoms with E-state index in [4.69, 9.17) is 4.74 Å². The molecular weight excluding hydrogens is 304 g/mol. The Bertz CT molecular complexity index is 716. The van der Waals surface area contributed by atoms with Crippen LogP contribution in [0.1, 0.15) is 33.9 Å². The molecule has 0 fully saturated rings. The molecule has 0 unspecified atom stereocenters. The summed E-state index contributed by atoms with van der Waals surface area (Å²) in [4.78, 5) is 21.0. The Labute approximate surface area is 142 Å². The van der Waals surface area contributed by atoms with Gasteiger partial charge >= 0.3 is 0 Å². The molecule has 24 heavy (non-hydrogen) atoms. The van der Waals surface area contributed by atoms with E-state index < -0.39 is 0 Å². The Morgan fingerprint density at radius 1 is 1.12 bits per heavy atom. The molecule has 128 valence electrons. The summed E-state index contributed by atoms with van der Waals surface area (Å²) in [5.41, 5.74) is 3.42. The molecule has 1 amide bonds. The molecule has 0 aliphatic heterocycles. The number of carbonyl (C=O) groups is 1. The van der Waals surface area contributed by atoms with E-state index in [9.17, 15) is 4.79 Å². The lowest BCUT2D eigenvalue weighted by Crippen LogP contribution is -2.16. The Balaban J connectivity index is 2.07. The monoisotopic (exact) mass is 328 g/mol. The first kappa shape index (κ1) is 17.9. The van der Waals surface area contributed by atoms with E-state index in [2.05, 4.69) is 20.6 Å². The third kappa shape index (κ3) is 5.03. The van der Waals surface area contributed by atoms with Gasteiger partial charge in [0.25, 0.3) is 5.91 Å². The van der Waals surface area contributed by atoms with Gasteiger partial charge in [-0.2, -0.15) is 0 Å². The molecule has 0 saturated heterocycles. The number of rotatable bonds is 7. The predicted octanol–water partition coefficient (Wildman–Crippen LogP) is 3.10. The van der Waals surface area contributed by atoms with Gasteiger partial charge < -0.3 is 15.4 Å². The molecule has 6 nitrogen and oxygen atoms in total. The number of nitrogens with one attached hydrogen (secondary N) is 2. The first-order chi connectivity index (χ1) is 11.5. The minimum Gasteiger partial charge on any atom is -0.385 e.